The summed E-state index contributed by atoms with van der Waals surface area (Å²) < 4.78 is 175. The van der Waals surface area contributed by atoms with Gasteiger partial charge in [0.05, 0.1) is 10.6 Å². The highest BCUT2D eigenvalue weighted by Gasteiger charge is 2.80. The highest BCUT2D eigenvalue weighted by molar-refractivity contribution is 6.34. The molecule has 0 atom stereocenters. The first-order valence-corrected chi connectivity index (χ1v) is 9.44. The van der Waals surface area contributed by atoms with Crippen LogP contribution in [0.25, 0.3) is 0 Å². The number of halogens is 14. The summed E-state index contributed by atoms with van der Waals surface area (Å²) in [6.45, 7) is 0. The number of hydrogen-bond acceptors (Lipinski definition) is 3. The summed E-state index contributed by atoms with van der Waals surface area (Å²) in [4.78, 5) is 12.2. The summed E-state index contributed by atoms with van der Waals surface area (Å²) in [6, 6.07) is 6.75. The lowest BCUT2D eigenvalue weighted by molar-refractivity contribution is -0.535. The second-order valence-corrected chi connectivity index (χ2v) is 7.27. The van der Waals surface area contributed by atoms with Crippen LogP contribution in [-0.4, -0.2) is 36.5 Å². The van der Waals surface area contributed by atoms with Crippen molar-refractivity contribution in [1.82, 2.24) is 0 Å². The largest absolute Gasteiger partial charge is 0.527 e. The van der Waals surface area contributed by atoms with Crippen LogP contribution in [0.2, 0.25) is 5.02 Å². The zero-order valence-corrected chi connectivity index (χ0v) is 17.9. The van der Waals surface area contributed by atoms with E-state index in [1.807, 2.05) is 10.1 Å². The van der Waals surface area contributed by atoms with E-state index < -0.39 is 53.7 Å². The molecule has 0 saturated heterocycles. The Balaban J connectivity index is 2.34. The van der Waals surface area contributed by atoms with Crippen LogP contribution in [0.4, 0.5) is 62.8 Å². The van der Waals surface area contributed by atoms with Crippen LogP contribution in [-0.2, 0) is 15.4 Å². The number of nitrogens with one attached hydrogen (secondary N) is 1. The maximum absolute atomic E-state index is 14.3. The second kappa shape index (κ2) is 9.83. The maximum atomic E-state index is 14.3. The molecule has 2 aromatic rings. The van der Waals surface area contributed by atoms with Crippen LogP contribution in [0.15, 0.2) is 48.5 Å². The van der Waals surface area contributed by atoms with Crippen molar-refractivity contribution in [3.8, 4) is 0 Å². The number of ether oxygens (including phenoxy) is 2. The first-order chi connectivity index (χ1) is 16.5. The van der Waals surface area contributed by atoms with E-state index in [-0.39, 0.29) is 22.7 Å². The molecule has 0 aliphatic heterocycles. The Kier molecular flexibility index (Phi) is 8.08. The molecule has 4 nitrogen and oxygen atoms in total. The molecule has 2 aromatic carbocycles. The number of anilines is 1. The standard InChI is InChI=1S/C19H9ClF13NO3/c20-12-7-2-1-6-11(12)13(35)34-10-5-3-4-9(8-10)14(21,22)16(25,26)36-17(27,28)15(23,24)18(29,30)37-19(31,32)33/h1-8H,(H,34,35). The van der Waals surface area contributed by atoms with Gasteiger partial charge in [0, 0.05) is 11.3 Å². The molecule has 0 fully saturated rings. The summed E-state index contributed by atoms with van der Waals surface area (Å²) in [5, 5.41) is 1.82. The fourth-order valence-corrected chi connectivity index (χ4v) is 2.69. The molecule has 0 heterocycles. The molecular formula is C19H9ClF13NO3. The van der Waals surface area contributed by atoms with Gasteiger partial charge in [-0.15, -0.1) is 13.2 Å². The predicted octanol–water partition coefficient (Wildman–Crippen LogP) is 7.65. The zero-order chi connectivity index (χ0) is 28.7. The molecule has 1 amide bonds. The van der Waals surface area contributed by atoms with Crippen molar-refractivity contribution < 1.29 is 71.3 Å². The summed E-state index contributed by atoms with van der Waals surface area (Å²) in [5.41, 5.74) is -2.87. The van der Waals surface area contributed by atoms with Crippen molar-refractivity contribution in [2.24, 2.45) is 0 Å². The first-order valence-electron chi connectivity index (χ1n) is 9.07. The third-order valence-corrected chi connectivity index (χ3v) is 4.53. The van der Waals surface area contributed by atoms with Crippen molar-refractivity contribution in [3.63, 3.8) is 0 Å². The minimum atomic E-state index is -7.53. The number of amides is 1. The van der Waals surface area contributed by atoms with Gasteiger partial charge in [0.25, 0.3) is 5.91 Å². The third-order valence-electron chi connectivity index (χ3n) is 4.20. The van der Waals surface area contributed by atoms with Crippen LogP contribution in [0, 0.1) is 0 Å². The van der Waals surface area contributed by atoms with Crippen LogP contribution >= 0.6 is 11.6 Å². The first kappa shape index (κ1) is 30.4. The zero-order valence-electron chi connectivity index (χ0n) is 17.1. The SMILES string of the molecule is O=C(Nc1cccc(C(F)(F)C(F)(F)OC(F)(F)C(F)(F)C(F)(F)OC(F)(F)F)c1)c1ccccc1Cl. The molecule has 0 radical (unpaired) electrons. The molecule has 0 spiro atoms. The summed E-state index contributed by atoms with van der Waals surface area (Å²) in [7, 11) is 0. The average molecular weight is 582 g/mol. The monoisotopic (exact) mass is 581 g/mol. The van der Waals surface area contributed by atoms with Crippen LogP contribution in [0.3, 0.4) is 0 Å². The minimum absolute atomic E-state index is 0.0592. The van der Waals surface area contributed by atoms with E-state index >= 15 is 0 Å². The fraction of sp³-hybridized carbons (Fsp3) is 0.316. The molecule has 18 heteroatoms. The number of carbonyl (C=O) groups is 1. The number of hydrogen-bond donors (Lipinski definition) is 1. The molecule has 0 aromatic heterocycles. The Bertz CT molecular complexity index is 1140. The Labute approximate surface area is 201 Å². The minimum Gasteiger partial charge on any atom is -0.322 e. The van der Waals surface area contributed by atoms with E-state index in [9.17, 15) is 61.9 Å². The smallest absolute Gasteiger partial charge is 0.322 e. The van der Waals surface area contributed by atoms with E-state index in [1.54, 1.807) is 0 Å². The molecule has 0 unspecified atom stereocenters. The van der Waals surface area contributed by atoms with Gasteiger partial charge in [0.2, 0.25) is 0 Å². The van der Waals surface area contributed by atoms with Crippen molar-refractivity contribution in [1.29, 1.82) is 0 Å². The van der Waals surface area contributed by atoms with Gasteiger partial charge in [0.15, 0.2) is 0 Å². The molecule has 0 saturated carbocycles. The molecular weight excluding hydrogens is 573 g/mol. The lowest BCUT2D eigenvalue weighted by atomic mass is 10.1. The Hall–Kier alpha value is -2.79. The molecule has 0 aliphatic rings. The van der Waals surface area contributed by atoms with Gasteiger partial charge in [-0.2, -0.15) is 43.9 Å². The van der Waals surface area contributed by atoms with Gasteiger partial charge < -0.3 is 5.32 Å². The average Bonchev–Trinajstić information content (AvgIpc) is 2.71. The van der Waals surface area contributed by atoms with Gasteiger partial charge in [-0.25, -0.2) is 9.47 Å². The molecule has 37 heavy (non-hydrogen) atoms. The number of carbonyl (C=O) groups excluding carboxylic acids is 1. The quantitative estimate of drug-likeness (QED) is 0.310. The van der Waals surface area contributed by atoms with Crippen molar-refractivity contribution in [3.05, 3.63) is 64.7 Å². The number of benzene rings is 2. The van der Waals surface area contributed by atoms with Crippen LogP contribution in [0.1, 0.15) is 15.9 Å². The second-order valence-electron chi connectivity index (χ2n) is 6.86. The van der Waals surface area contributed by atoms with E-state index in [0.29, 0.717) is 6.07 Å². The van der Waals surface area contributed by atoms with Gasteiger partial charge in [-0.3, -0.25) is 4.79 Å². The van der Waals surface area contributed by atoms with E-state index in [2.05, 4.69) is 0 Å². The summed E-state index contributed by atoms with van der Waals surface area (Å²) in [6.07, 6.45) is -28.0. The normalized spacial score (nSPS) is 14.0. The van der Waals surface area contributed by atoms with E-state index in [1.165, 1.54) is 29.0 Å². The molecule has 0 aliphatic carbocycles. The third kappa shape index (κ3) is 6.38. The Morgan fingerprint density at radius 1 is 0.703 bits per heavy atom. The summed E-state index contributed by atoms with van der Waals surface area (Å²) >= 11 is 5.76. The van der Waals surface area contributed by atoms with Gasteiger partial charge in [-0.1, -0.05) is 35.9 Å². The molecule has 206 valence electrons. The lowest BCUT2D eigenvalue weighted by Gasteiger charge is -2.35. The van der Waals surface area contributed by atoms with Gasteiger partial charge >= 0.3 is 36.5 Å². The highest BCUT2D eigenvalue weighted by atomic mass is 35.5. The van der Waals surface area contributed by atoms with Gasteiger partial charge in [0.1, 0.15) is 0 Å². The number of rotatable bonds is 9. The highest BCUT2D eigenvalue weighted by Crippen LogP contribution is 2.54. The van der Waals surface area contributed by atoms with E-state index in [4.69, 9.17) is 11.6 Å². The van der Waals surface area contributed by atoms with Crippen molar-refractivity contribution in [2.45, 2.75) is 36.5 Å². The summed E-state index contributed by atoms with van der Waals surface area (Å²) in [5.74, 6) is -14.6. The van der Waals surface area contributed by atoms with Crippen molar-refractivity contribution in [2.75, 3.05) is 5.32 Å². The number of alkyl halides is 13. The molecule has 0 bridgehead atoms. The molecule has 1 N–H and O–H groups in total. The maximum Gasteiger partial charge on any atom is 0.527 e. The predicted molar refractivity (Wildman–Crippen MR) is 97.8 cm³/mol. The van der Waals surface area contributed by atoms with Crippen LogP contribution in [0.5, 0.6) is 0 Å². The Morgan fingerprint density at radius 2 is 1.24 bits per heavy atom. The fourth-order valence-electron chi connectivity index (χ4n) is 2.47. The van der Waals surface area contributed by atoms with Crippen molar-refractivity contribution >= 4 is 23.2 Å². The Morgan fingerprint density at radius 3 is 1.78 bits per heavy atom. The topological polar surface area (TPSA) is 47.6 Å². The lowest BCUT2D eigenvalue weighted by Crippen LogP contribution is -2.61. The van der Waals surface area contributed by atoms with E-state index in [0.717, 1.165) is 6.07 Å². The van der Waals surface area contributed by atoms with Gasteiger partial charge in [-0.05, 0) is 24.3 Å². The van der Waals surface area contributed by atoms with Crippen LogP contribution < -0.4 is 5.32 Å². The molecule has 2 rings (SSSR count).